The Morgan fingerprint density at radius 2 is 1.84 bits per heavy atom. The van der Waals surface area contributed by atoms with Gasteiger partial charge in [0.2, 0.25) is 0 Å². The highest BCUT2D eigenvalue weighted by Crippen LogP contribution is 2.22. The number of hydrogen-bond donors (Lipinski definition) is 1. The molecule has 2 aromatic carbocycles. The van der Waals surface area contributed by atoms with Gasteiger partial charge in [0.15, 0.2) is 6.61 Å². The topological polar surface area (TPSA) is 71.3 Å². The van der Waals surface area contributed by atoms with E-state index in [0.717, 1.165) is 30.6 Å². The maximum atomic E-state index is 11.8. The minimum absolute atomic E-state index is 0.0110. The van der Waals surface area contributed by atoms with Crippen LogP contribution in [-0.4, -0.2) is 31.8 Å². The first-order valence-electron chi connectivity index (χ1n) is 8.36. The largest absolute Gasteiger partial charge is 0.484 e. The summed E-state index contributed by atoms with van der Waals surface area (Å²) in [6.45, 7) is 1.31. The van der Waals surface area contributed by atoms with Gasteiger partial charge in [-0.15, -0.1) is 0 Å². The van der Waals surface area contributed by atoms with E-state index in [-0.39, 0.29) is 18.6 Å². The average molecular weight is 336 g/mol. The van der Waals surface area contributed by atoms with Gasteiger partial charge in [0, 0.05) is 13.2 Å². The van der Waals surface area contributed by atoms with Gasteiger partial charge in [-0.1, -0.05) is 24.3 Å². The second kappa shape index (κ2) is 8.32. The molecule has 1 fully saturated rings. The number of ether oxygens (including phenoxy) is 2. The fraction of sp³-hybridized carbons (Fsp3) is 0.300. The van der Waals surface area contributed by atoms with Crippen LogP contribution >= 0.6 is 0 Å². The molecule has 1 aliphatic heterocycles. The lowest BCUT2D eigenvalue weighted by Crippen LogP contribution is -2.35. The van der Waals surface area contributed by atoms with Crippen LogP contribution < -0.4 is 10.1 Å². The first kappa shape index (κ1) is 17.0. The van der Waals surface area contributed by atoms with E-state index in [2.05, 4.69) is 11.4 Å². The molecule has 25 heavy (non-hydrogen) atoms. The van der Waals surface area contributed by atoms with Crippen molar-refractivity contribution in [3.05, 3.63) is 54.1 Å². The highest BCUT2D eigenvalue weighted by molar-refractivity contribution is 5.77. The molecule has 0 bridgehead atoms. The van der Waals surface area contributed by atoms with Gasteiger partial charge >= 0.3 is 0 Å². The minimum atomic E-state index is -0.147. The summed E-state index contributed by atoms with van der Waals surface area (Å²) in [5.74, 6) is 0.497. The number of rotatable bonds is 6. The van der Waals surface area contributed by atoms with Crippen LogP contribution in [0.15, 0.2) is 48.5 Å². The van der Waals surface area contributed by atoms with Crippen molar-refractivity contribution in [1.29, 1.82) is 5.26 Å². The Hall–Kier alpha value is -2.84. The molecule has 1 atom stereocenters. The zero-order chi connectivity index (χ0) is 17.5. The molecule has 0 spiro atoms. The predicted octanol–water partition coefficient (Wildman–Crippen LogP) is 2.90. The van der Waals surface area contributed by atoms with E-state index in [4.69, 9.17) is 14.7 Å². The van der Waals surface area contributed by atoms with Crippen molar-refractivity contribution < 1.29 is 14.3 Å². The molecule has 1 saturated heterocycles. The number of nitrogens with one attached hydrogen (secondary N) is 1. The van der Waals surface area contributed by atoms with Crippen LogP contribution in [0.2, 0.25) is 0 Å². The number of benzene rings is 2. The summed E-state index contributed by atoms with van der Waals surface area (Å²) in [4.78, 5) is 11.8. The van der Waals surface area contributed by atoms with Crippen molar-refractivity contribution in [2.45, 2.75) is 18.9 Å². The van der Waals surface area contributed by atoms with Gasteiger partial charge in [0.1, 0.15) is 5.75 Å². The SMILES string of the molecule is N#Cc1ccc(-c2ccc(OCC(=O)NC[C@H]3CCCO3)cc2)cc1. The number of nitrogens with zero attached hydrogens (tertiary/aromatic N) is 1. The molecular formula is C20H20N2O3. The lowest BCUT2D eigenvalue weighted by molar-refractivity contribution is -0.123. The third-order valence-corrected chi connectivity index (χ3v) is 4.12. The molecule has 1 N–H and O–H groups in total. The summed E-state index contributed by atoms with van der Waals surface area (Å²) in [7, 11) is 0. The van der Waals surface area contributed by atoms with Crippen molar-refractivity contribution in [3.63, 3.8) is 0 Å². The molecular weight excluding hydrogens is 316 g/mol. The quantitative estimate of drug-likeness (QED) is 0.880. The Morgan fingerprint density at radius 3 is 2.44 bits per heavy atom. The Morgan fingerprint density at radius 1 is 1.16 bits per heavy atom. The van der Waals surface area contributed by atoms with Crippen molar-refractivity contribution >= 4 is 5.91 Å². The van der Waals surface area contributed by atoms with Gasteiger partial charge in [0.25, 0.3) is 5.91 Å². The molecule has 0 aromatic heterocycles. The van der Waals surface area contributed by atoms with Crippen LogP contribution in [-0.2, 0) is 9.53 Å². The highest BCUT2D eigenvalue weighted by Gasteiger charge is 2.16. The Bertz CT molecular complexity index is 742. The average Bonchev–Trinajstić information content (AvgIpc) is 3.19. The maximum absolute atomic E-state index is 11.8. The third-order valence-electron chi connectivity index (χ3n) is 4.12. The Labute approximate surface area is 147 Å². The molecule has 5 heteroatoms. The van der Waals surface area contributed by atoms with Gasteiger partial charge in [-0.25, -0.2) is 0 Å². The summed E-state index contributed by atoms with van der Waals surface area (Å²) in [5, 5.41) is 11.7. The zero-order valence-electron chi connectivity index (χ0n) is 13.9. The van der Waals surface area contributed by atoms with Crippen molar-refractivity contribution in [2.24, 2.45) is 0 Å². The van der Waals surface area contributed by atoms with Crippen LogP contribution in [0.5, 0.6) is 5.75 Å². The van der Waals surface area contributed by atoms with Crippen molar-refractivity contribution in [3.8, 4) is 22.9 Å². The Balaban J connectivity index is 1.48. The summed E-state index contributed by atoms with van der Waals surface area (Å²) in [6, 6.07) is 17.0. The molecule has 2 aromatic rings. The second-order valence-corrected chi connectivity index (χ2v) is 5.94. The van der Waals surface area contributed by atoms with Crippen LogP contribution in [0, 0.1) is 11.3 Å². The number of hydrogen-bond acceptors (Lipinski definition) is 4. The van der Waals surface area contributed by atoms with Crippen LogP contribution in [0.3, 0.4) is 0 Å². The zero-order valence-corrected chi connectivity index (χ0v) is 13.9. The summed E-state index contributed by atoms with van der Waals surface area (Å²) < 4.78 is 11.0. The van der Waals surface area contributed by atoms with E-state index in [1.807, 2.05) is 36.4 Å². The summed E-state index contributed by atoms with van der Waals surface area (Å²) in [5.41, 5.74) is 2.69. The maximum Gasteiger partial charge on any atom is 0.258 e. The third kappa shape index (κ3) is 4.82. The Kier molecular flexibility index (Phi) is 5.65. The van der Waals surface area contributed by atoms with Crippen molar-refractivity contribution in [2.75, 3.05) is 19.8 Å². The molecule has 5 nitrogen and oxygen atoms in total. The van der Waals surface area contributed by atoms with Crippen LogP contribution in [0.1, 0.15) is 18.4 Å². The van der Waals surface area contributed by atoms with Crippen LogP contribution in [0.4, 0.5) is 0 Å². The predicted molar refractivity (Wildman–Crippen MR) is 94.1 cm³/mol. The van der Waals surface area contributed by atoms with E-state index in [1.165, 1.54) is 0 Å². The van der Waals surface area contributed by atoms with Crippen molar-refractivity contribution in [1.82, 2.24) is 5.32 Å². The standard InChI is InChI=1S/C20H20N2O3/c21-12-15-3-5-16(6-4-15)17-7-9-18(10-8-17)25-14-20(23)22-13-19-2-1-11-24-19/h3-10,19H,1-2,11,13-14H2,(H,22,23)/t19-/m1/s1. The molecule has 128 valence electrons. The van der Waals surface area contributed by atoms with E-state index in [0.29, 0.717) is 17.9 Å². The normalized spacial score (nSPS) is 16.2. The lowest BCUT2D eigenvalue weighted by atomic mass is 10.0. The monoisotopic (exact) mass is 336 g/mol. The second-order valence-electron chi connectivity index (χ2n) is 5.94. The molecule has 1 heterocycles. The molecule has 0 radical (unpaired) electrons. The summed E-state index contributed by atoms with van der Waals surface area (Å²) in [6.07, 6.45) is 2.19. The molecule has 1 aliphatic rings. The number of carbonyl (C=O) groups excluding carboxylic acids is 1. The fourth-order valence-corrected chi connectivity index (χ4v) is 2.71. The molecule has 0 unspecified atom stereocenters. The van der Waals surface area contributed by atoms with Gasteiger partial charge in [-0.05, 0) is 48.2 Å². The van der Waals surface area contributed by atoms with E-state index < -0.39 is 0 Å². The highest BCUT2D eigenvalue weighted by atomic mass is 16.5. The number of nitriles is 1. The molecule has 0 aliphatic carbocycles. The minimum Gasteiger partial charge on any atom is -0.484 e. The van der Waals surface area contributed by atoms with E-state index >= 15 is 0 Å². The number of carbonyl (C=O) groups is 1. The van der Waals surface area contributed by atoms with Gasteiger partial charge < -0.3 is 14.8 Å². The lowest BCUT2D eigenvalue weighted by Gasteiger charge is -2.11. The van der Waals surface area contributed by atoms with E-state index in [1.54, 1.807) is 12.1 Å². The smallest absolute Gasteiger partial charge is 0.258 e. The molecule has 1 amide bonds. The van der Waals surface area contributed by atoms with Crippen LogP contribution in [0.25, 0.3) is 11.1 Å². The van der Waals surface area contributed by atoms with Gasteiger partial charge in [-0.2, -0.15) is 5.26 Å². The van der Waals surface area contributed by atoms with E-state index in [9.17, 15) is 4.79 Å². The van der Waals surface area contributed by atoms with Gasteiger partial charge in [-0.3, -0.25) is 4.79 Å². The fourth-order valence-electron chi connectivity index (χ4n) is 2.71. The number of amides is 1. The van der Waals surface area contributed by atoms with Gasteiger partial charge in [0.05, 0.1) is 17.7 Å². The summed E-state index contributed by atoms with van der Waals surface area (Å²) >= 11 is 0. The first-order chi connectivity index (χ1) is 12.2. The molecule has 0 saturated carbocycles. The first-order valence-corrected chi connectivity index (χ1v) is 8.36. The molecule has 3 rings (SSSR count).